The summed E-state index contributed by atoms with van der Waals surface area (Å²) in [5.41, 5.74) is 0.331. The number of aliphatic hydroxyl groups is 2. The molecule has 0 bridgehead atoms. The molecule has 3 nitrogen and oxygen atoms in total. The lowest BCUT2D eigenvalue weighted by Crippen LogP contribution is -2.25. The Labute approximate surface area is 70.3 Å². The molecule has 1 aromatic carbocycles. The summed E-state index contributed by atoms with van der Waals surface area (Å²) in [6.45, 7) is 0. The fourth-order valence-electron chi connectivity index (χ4n) is 0.939. The van der Waals surface area contributed by atoms with Gasteiger partial charge >= 0.3 is 0 Å². The van der Waals surface area contributed by atoms with Gasteiger partial charge in [-0.3, -0.25) is 0 Å². The van der Waals surface area contributed by atoms with Crippen LogP contribution in [0.2, 0.25) is 0 Å². The van der Waals surface area contributed by atoms with Gasteiger partial charge in [-0.05, 0) is 0 Å². The second kappa shape index (κ2) is 3.47. The van der Waals surface area contributed by atoms with Crippen molar-refractivity contribution in [3.05, 3.63) is 35.9 Å². The number of rotatable bonds is 3. The SMILES string of the molecule is O=CCC(O)(O)c1ccccc1. The van der Waals surface area contributed by atoms with Crippen LogP contribution < -0.4 is 0 Å². The van der Waals surface area contributed by atoms with E-state index in [1.807, 2.05) is 0 Å². The van der Waals surface area contributed by atoms with Gasteiger partial charge in [0.05, 0.1) is 6.42 Å². The highest BCUT2D eigenvalue weighted by Gasteiger charge is 2.24. The van der Waals surface area contributed by atoms with Gasteiger partial charge in [-0.15, -0.1) is 0 Å². The summed E-state index contributed by atoms with van der Waals surface area (Å²) in [5, 5.41) is 18.6. The summed E-state index contributed by atoms with van der Waals surface area (Å²) in [5.74, 6) is -2.02. The quantitative estimate of drug-likeness (QED) is 0.505. The maximum atomic E-state index is 10.1. The smallest absolute Gasteiger partial charge is 0.196 e. The number of benzene rings is 1. The third-order valence-electron chi connectivity index (χ3n) is 1.60. The maximum absolute atomic E-state index is 10.1. The molecule has 0 aliphatic carbocycles. The Kier molecular flexibility index (Phi) is 2.58. The fourth-order valence-corrected chi connectivity index (χ4v) is 0.939. The van der Waals surface area contributed by atoms with Crippen LogP contribution in [0.4, 0.5) is 0 Å². The Morgan fingerprint density at radius 3 is 2.33 bits per heavy atom. The molecule has 64 valence electrons. The third-order valence-corrected chi connectivity index (χ3v) is 1.60. The predicted octanol–water partition coefficient (Wildman–Crippen LogP) is 0.413. The summed E-state index contributed by atoms with van der Waals surface area (Å²) in [6, 6.07) is 8.25. The third kappa shape index (κ3) is 1.90. The lowest BCUT2D eigenvalue weighted by atomic mass is 10.0. The molecule has 0 aliphatic heterocycles. The van der Waals surface area contributed by atoms with Crippen LogP contribution in [0.3, 0.4) is 0 Å². The first kappa shape index (κ1) is 8.90. The molecule has 0 heterocycles. The summed E-state index contributed by atoms with van der Waals surface area (Å²) in [4.78, 5) is 10.1. The largest absolute Gasteiger partial charge is 0.362 e. The molecule has 0 aliphatic rings. The second-order valence-electron chi connectivity index (χ2n) is 2.55. The summed E-state index contributed by atoms with van der Waals surface area (Å²) >= 11 is 0. The maximum Gasteiger partial charge on any atom is 0.196 e. The van der Waals surface area contributed by atoms with Crippen molar-refractivity contribution in [3.63, 3.8) is 0 Å². The van der Waals surface area contributed by atoms with Crippen molar-refractivity contribution in [2.75, 3.05) is 0 Å². The second-order valence-corrected chi connectivity index (χ2v) is 2.55. The van der Waals surface area contributed by atoms with Gasteiger partial charge in [-0.2, -0.15) is 0 Å². The molecule has 0 amide bonds. The Morgan fingerprint density at radius 1 is 1.25 bits per heavy atom. The molecule has 2 N–H and O–H groups in total. The highest BCUT2D eigenvalue weighted by atomic mass is 16.5. The Bertz CT molecular complexity index is 254. The average molecular weight is 166 g/mol. The van der Waals surface area contributed by atoms with E-state index in [1.165, 1.54) is 0 Å². The van der Waals surface area contributed by atoms with Gasteiger partial charge in [0.2, 0.25) is 0 Å². The van der Waals surface area contributed by atoms with Crippen LogP contribution in [-0.4, -0.2) is 16.5 Å². The van der Waals surface area contributed by atoms with E-state index in [9.17, 15) is 15.0 Å². The van der Waals surface area contributed by atoms with Crippen molar-refractivity contribution in [2.24, 2.45) is 0 Å². The van der Waals surface area contributed by atoms with Crippen LogP contribution in [0.1, 0.15) is 12.0 Å². The summed E-state index contributed by atoms with van der Waals surface area (Å²) in [6.07, 6.45) is 0.171. The van der Waals surface area contributed by atoms with Crippen molar-refractivity contribution in [1.29, 1.82) is 0 Å². The van der Waals surface area contributed by atoms with Crippen LogP contribution in [-0.2, 0) is 10.6 Å². The molecule has 0 fully saturated rings. The number of aldehydes is 1. The van der Waals surface area contributed by atoms with E-state index in [2.05, 4.69) is 0 Å². The first-order valence-corrected chi connectivity index (χ1v) is 3.61. The summed E-state index contributed by atoms with van der Waals surface area (Å²) < 4.78 is 0. The van der Waals surface area contributed by atoms with Gasteiger partial charge < -0.3 is 15.0 Å². The van der Waals surface area contributed by atoms with Crippen LogP contribution >= 0.6 is 0 Å². The topological polar surface area (TPSA) is 57.5 Å². The minimum atomic E-state index is -2.02. The van der Waals surface area contributed by atoms with Crippen LogP contribution in [0, 0.1) is 0 Å². The zero-order chi connectivity index (χ0) is 9.03. The van der Waals surface area contributed by atoms with E-state index in [0.29, 0.717) is 11.8 Å². The molecule has 0 unspecified atom stereocenters. The van der Waals surface area contributed by atoms with E-state index in [-0.39, 0.29) is 6.42 Å². The minimum Gasteiger partial charge on any atom is -0.362 e. The lowest BCUT2D eigenvalue weighted by molar-refractivity contribution is -0.173. The molecule has 1 aromatic rings. The van der Waals surface area contributed by atoms with Crippen LogP contribution in [0.25, 0.3) is 0 Å². The Morgan fingerprint density at radius 2 is 1.83 bits per heavy atom. The molecule has 1 rings (SSSR count). The van der Waals surface area contributed by atoms with Crippen LogP contribution in [0.5, 0.6) is 0 Å². The monoisotopic (exact) mass is 166 g/mol. The minimum absolute atomic E-state index is 0.309. The van der Waals surface area contributed by atoms with Gasteiger partial charge in [0.15, 0.2) is 5.79 Å². The lowest BCUT2D eigenvalue weighted by Gasteiger charge is -2.18. The van der Waals surface area contributed by atoms with Gasteiger partial charge in [0.1, 0.15) is 6.29 Å². The van der Waals surface area contributed by atoms with Gasteiger partial charge in [-0.1, -0.05) is 30.3 Å². The summed E-state index contributed by atoms with van der Waals surface area (Å²) in [7, 11) is 0. The molecule has 0 saturated carbocycles. The highest BCUT2D eigenvalue weighted by molar-refractivity contribution is 5.51. The first-order chi connectivity index (χ1) is 5.67. The van der Waals surface area contributed by atoms with Crippen molar-refractivity contribution in [3.8, 4) is 0 Å². The van der Waals surface area contributed by atoms with Crippen molar-refractivity contribution >= 4 is 6.29 Å². The molecule has 0 saturated heterocycles. The molecule has 12 heavy (non-hydrogen) atoms. The number of hydrogen-bond donors (Lipinski definition) is 2. The van der Waals surface area contributed by atoms with Crippen molar-refractivity contribution < 1.29 is 15.0 Å². The van der Waals surface area contributed by atoms with Gasteiger partial charge in [0, 0.05) is 5.56 Å². The molecule has 3 heteroatoms. The average Bonchev–Trinajstić information content (AvgIpc) is 2.06. The highest BCUT2D eigenvalue weighted by Crippen LogP contribution is 2.19. The Balaban J connectivity index is 2.89. The van der Waals surface area contributed by atoms with E-state index in [1.54, 1.807) is 30.3 Å². The number of carbonyl (C=O) groups is 1. The van der Waals surface area contributed by atoms with Crippen molar-refractivity contribution in [2.45, 2.75) is 12.2 Å². The normalized spacial score (nSPS) is 11.2. The van der Waals surface area contributed by atoms with Crippen molar-refractivity contribution in [1.82, 2.24) is 0 Å². The number of hydrogen-bond acceptors (Lipinski definition) is 3. The fraction of sp³-hybridized carbons (Fsp3) is 0.222. The zero-order valence-corrected chi connectivity index (χ0v) is 6.47. The van der Waals surface area contributed by atoms with Gasteiger partial charge in [0.25, 0.3) is 0 Å². The molecule has 0 aromatic heterocycles. The van der Waals surface area contributed by atoms with E-state index in [0.717, 1.165) is 0 Å². The van der Waals surface area contributed by atoms with E-state index >= 15 is 0 Å². The molecule has 0 radical (unpaired) electrons. The molecular formula is C9H10O3. The Hall–Kier alpha value is -1.19. The first-order valence-electron chi connectivity index (χ1n) is 3.61. The molecule has 0 atom stereocenters. The van der Waals surface area contributed by atoms with E-state index < -0.39 is 5.79 Å². The standard InChI is InChI=1S/C9H10O3/c10-7-6-9(11,12)8-4-2-1-3-5-8/h1-5,7,11-12H,6H2. The number of carbonyl (C=O) groups excluding carboxylic acids is 1. The molecule has 0 spiro atoms. The zero-order valence-electron chi connectivity index (χ0n) is 6.47. The predicted molar refractivity (Wildman–Crippen MR) is 43.2 cm³/mol. The molecular weight excluding hydrogens is 156 g/mol. The van der Waals surface area contributed by atoms with Gasteiger partial charge in [-0.25, -0.2) is 0 Å². The van der Waals surface area contributed by atoms with Crippen LogP contribution in [0.15, 0.2) is 30.3 Å². The van der Waals surface area contributed by atoms with E-state index in [4.69, 9.17) is 0 Å².